The molecule has 144 valence electrons. The first-order valence-electron chi connectivity index (χ1n) is 9.56. The van der Waals surface area contributed by atoms with E-state index in [2.05, 4.69) is 33.8 Å². The van der Waals surface area contributed by atoms with Gasteiger partial charge in [0.1, 0.15) is 5.82 Å². The summed E-state index contributed by atoms with van der Waals surface area (Å²) in [5.41, 5.74) is 2.99. The molecule has 3 aromatic rings. The normalized spacial score (nSPS) is 16.0. The smallest absolute Gasteiger partial charge is 0.254 e. The number of hydrogen-bond donors (Lipinski definition) is 0. The van der Waals surface area contributed by atoms with Crippen LogP contribution in [0.5, 0.6) is 0 Å². The van der Waals surface area contributed by atoms with Gasteiger partial charge >= 0.3 is 0 Å². The lowest BCUT2D eigenvalue weighted by Gasteiger charge is -2.32. The van der Waals surface area contributed by atoms with E-state index in [1.54, 1.807) is 0 Å². The fraction of sp³-hybridized carbons (Fsp3) is 0.318. The van der Waals surface area contributed by atoms with Crippen LogP contribution < -0.4 is 4.90 Å². The maximum atomic E-state index is 13.0. The Labute approximate surface area is 165 Å². The molecule has 0 saturated carbocycles. The number of anilines is 1. The van der Waals surface area contributed by atoms with Gasteiger partial charge in [0.2, 0.25) is 0 Å². The number of fused-ring (bicyclic) bond motifs is 1. The van der Waals surface area contributed by atoms with E-state index in [1.807, 2.05) is 66.4 Å². The highest BCUT2D eigenvalue weighted by molar-refractivity contribution is 5.94. The number of nitrogens with zero attached hydrogens (tertiary/aromatic N) is 5. The summed E-state index contributed by atoms with van der Waals surface area (Å²) in [6.07, 6.45) is 0.748. The molecule has 1 amide bonds. The van der Waals surface area contributed by atoms with E-state index in [0.717, 1.165) is 23.8 Å². The van der Waals surface area contributed by atoms with E-state index in [4.69, 9.17) is 0 Å². The maximum Gasteiger partial charge on any atom is 0.254 e. The van der Waals surface area contributed by atoms with Gasteiger partial charge in [-0.25, -0.2) is 0 Å². The molecule has 0 aliphatic carbocycles. The first-order chi connectivity index (χ1) is 13.5. The Balaban J connectivity index is 1.53. The Bertz CT molecular complexity index is 962. The van der Waals surface area contributed by atoms with Crippen LogP contribution in [0.15, 0.2) is 54.6 Å². The number of aromatic nitrogens is 3. The third-order valence-electron chi connectivity index (χ3n) is 5.22. The first-order valence-corrected chi connectivity index (χ1v) is 9.56. The molecule has 0 saturated heterocycles. The maximum absolute atomic E-state index is 13.0. The minimum atomic E-state index is 0.0380. The van der Waals surface area contributed by atoms with Crippen LogP contribution >= 0.6 is 0 Å². The Morgan fingerprint density at radius 3 is 2.46 bits per heavy atom. The van der Waals surface area contributed by atoms with Crippen LogP contribution in [0.3, 0.4) is 0 Å². The summed E-state index contributed by atoms with van der Waals surface area (Å²) >= 11 is 0. The lowest BCUT2D eigenvalue weighted by atomic mass is 10.1. The number of amides is 1. The minimum Gasteiger partial charge on any atom is -0.378 e. The molecule has 2 heterocycles. The van der Waals surface area contributed by atoms with Crippen molar-refractivity contribution >= 4 is 11.6 Å². The van der Waals surface area contributed by atoms with Gasteiger partial charge in [0.25, 0.3) is 5.91 Å². The molecule has 1 aliphatic rings. The van der Waals surface area contributed by atoms with Crippen molar-refractivity contribution < 1.29 is 4.79 Å². The Morgan fingerprint density at radius 2 is 1.79 bits per heavy atom. The predicted octanol–water partition coefficient (Wildman–Crippen LogP) is 3.15. The summed E-state index contributed by atoms with van der Waals surface area (Å²) in [4.78, 5) is 16.9. The van der Waals surface area contributed by atoms with Crippen molar-refractivity contribution in [3.63, 3.8) is 0 Å². The van der Waals surface area contributed by atoms with Gasteiger partial charge in [-0.1, -0.05) is 30.3 Å². The van der Waals surface area contributed by atoms with Gasteiger partial charge in [0, 0.05) is 38.3 Å². The zero-order chi connectivity index (χ0) is 19.7. The number of carbonyl (C=O) groups excluding carboxylic acids is 1. The molecule has 0 radical (unpaired) electrons. The average molecular weight is 375 g/mol. The fourth-order valence-electron chi connectivity index (χ4n) is 3.75. The number of hydrogen-bond acceptors (Lipinski definition) is 4. The van der Waals surface area contributed by atoms with Gasteiger partial charge in [-0.2, -0.15) is 0 Å². The Hall–Kier alpha value is -3.15. The van der Waals surface area contributed by atoms with E-state index in [1.165, 1.54) is 5.56 Å². The number of rotatable bonds is 4. The summed E-state index contributed by atoms with van der Waals surface area (Å²) in [6, 6.07) is 18.2. The molecule has 1 atom stereocenters. The van der Waals surface area contributed by atoms with Gasteiger partial charge in [-0.3, -0.25) is 4.79 Å². The molecule has 6 nitrogen and oxygen atoms in total. The topological polar surface area (TPSA) is 54.3 Å². The lowest BCUT2D eigenvalue weighted by Crippen LogP contribution is -2.40. The van der Waals surface area contributed by atoms with E-state index in [0.29, 0.717) is 18.7 Å². The summed E-state index contributed by atoms with van der Waals surface area (Å²) < 4.78 is 2.19. The highest BCUT2D eigenvalue weighted by atomic mass is 16.2. The monoisotopic (exact) mass is 375 g/mol. The molecule has 0 N–H and O–H groups in total. The Kier molecular flexibility index (Phi) is 4.86. The number of carbonyl (C=O) groups is 1. The van der Waals surface area contributed by atoms with Crippen molar-refractivity contribution in [2.45, 2.75) is 25.9 Å². The zero-order valence-electron chi connectivity index (χ0n) is 16.5. The molecule has 0 unspecified atom stereocenters. The van der Waals surface area contributed by atoms with E-state index in [9.17, 15) is 4.79 Å². The summed E-state index contributed by atoms with van der Waals surface area (Å²) in [5.74, 6) is 1.84. The summed E-state index contributed by atoms with van der Waals surface area (Å²) in [6.45, 7) is 3.26. The summed E-state index contributed by atoms with van der Waals surface area (Å²) in [5, 5.41) is 8.79. The molecule has 0 fully saturated rings. The fourth-order valence-corrected chi connectivity index (χ4v) is 3.75. The van der Waals surface area contributed by atoms with E-state index < -0.39 is 0 Å². The molecule has 4 rings (SSSR count). The second-order valence-corrected chi connectivity index (χ2v) is 7.54. The molecule has 28 heavy (non-hydrogen) atoms. The molecule has 1 aliphatic heterocycles. The molecule has 1 aromatic heterocycles. The molecular formula is C22H25N5O. The SMILES string of the molecule is C[C@H]1CN(C(=O)c2ccc(N(C)C)cc2)Cc2nnc(Cc3ccccc3)n21. The van der Waals surface area contributed by atoms with Crippen LogP contribution in [-0.4, -0.2) is 46.2 Å². The van der Waals surface area contributed by atoms with Gasteiger partial charge in [0.05, 0.1) is 12.6 Å². The first kappa shape index (κ1) is 18.2. The molecule has 2 aromatic carbocycles. The van der Waals surface area contributed by atoms with E-state index in [-0.39, 0.29) is 11.9 Å². The van der Waals surface area contributed by atoms with Crippen LogP contribution in [0.25, 0.3) is 0 Å². The van der Waals surface area contributed by atoms with Crippen molar-refractivity contribution in [3.8, 4) is 0 Å². The predicted molar refractivity (Wildman–Crippen MR) is 109 cm³/mol. The Morgan fingerprint density at radius 1 is 1.07 bits per heavy atom. The van der Waals surface area contributed by atoms with Crippen molar-refractivity contribution in [2.75, 3.05) is 25.5 Å². The molecule has 0 bridgehead atoms. The third kappa shape index (κ3) is 3.50. The van der Waals surface area contributed by atoms with Gasteiger partial charge < -0.3 is 14.4 Å². The third-order valence-corrected chi connectivity index (χ3v) is 5.22. The van der Waals surface area contributed by atoms with Crippen molar-refractivity contribution in [1.29, 1.82) is 0 Å². The minimum absolute atomic E-state index is 0.0380. The van der Waals surface area contributed by atoms with Crippen LogP contribution in [0.2, 0.25) is 0 Å². The van der Waals surface area contributed by atoms with Gasteiger partial charge in [-0.05, 0) is 36.8 Å². The molecular weight excluding hydrogens is 350 g/mol. The second kappa shape index (κ2) is 7.46. The van der Waals surface area contributed by atoms with Crippen molar-refractivity contribution in [1.82, 2.24) is 19.7 Å². The average Bonchev–Trinajstić information content (AvgIpc) is 3.11. The van der Waals surface area contributed by atoms with Gasteiger partial charge in [0.15, 0.2) is 5.82 Å². The van der Waals surface area contributed by atoms with Crippen molar-refractivity contribution in [3.05, 3.63) is 77.4 Å². The lowest BCUT2D eigenvalue weighted by molar-refractivity contribution is 0.0680. The highest BCUT2D eigenvalue weighted by Crippen LogP contribution is 2.24. The zero-order valence-corrected chi connectivity index (χ0v) is 16.5. The molecule has 6 heteroatoms. The standard InChI is InChI=1S/C22H25N5O/c1-16-14-26(22(28)18-9-11-19(12-10-18)25(2)3)15-21-24-23-20(27(16)21)13-17-7-5-4-6-8-17/h4-12,16H,13-15H2,1-3H3/t16-/m0/s1. The largest absolute Gasteiger partial charge is 0.378 e. The van der Waals surface area contributed by atoms with Crippen LogP contribution in [0.1, 0.15) is 40.5 Å². The number of benzene rings is 2. The van der Waals surface area contributed by atoms with Crippen molar-refractivity contribution in [2.24, 2.45) is 0 Å². The van der Waals surface area contributed by atoms with E-state index >= 15 is 0 Å². The van der Waals surface area contributed by atoms with Crippen LogP contribution in [0, 0.1) is 0 Å². The van der Waals surface area contributed by atoms with Crippen LogP contribution in [0.4, 0.5) is 5.69 Å². The highest BCUT2D eigenvalue weighted by Gasteiger charge is 2.29. The molecule has 0 spiro atoms. The summed E-state index contributed by atoms with van der Waals surface area (Å²) in [7, 11) is 3.98. The quantitative estimate of drug-likeness (QED) is 0.703. The van der Waals surface area contributed by atoms with Gasteiger partial charge in [-0.15, -0.1) is 10.2 Å². The second-order valence-electron chi connectivity index (χ2n) is 7.54. The van der Waals surface area contributed by atoms with Crippen LogP contribution in [-0.2, 0) is 13.0 Å².